The first-order chi connectivity index (χ1) is 17.2. The standard InChI is InChI=1S/C28H34N4O3Si/c1-31(2)25-10-9-20(15-26(25)34-3)22-14-23-24(27(33)21-8-7-11-29-16-21)18-32(28(23)30-17-22)19-35-12-13-36(4,5)6/h7-11,14-18H,12-13,19H2,1-6H3. The van der Waals surface area contributed by atoms with Gasteiger partial charge in [0.05, 0.1) is 12.8 Å². The summed E-state index contributed by atoms with van der Waals surface area (Å²) < 4.78 is 13.5. The molecule has 0 amide bonds. The van der Waals surface area contributed by atoms with E-state index in [0.29, 0.717) is 24.5 Å². The lowest BCUT2D eigenvalue weighted by molar-refractivity contribution is 0.0896. The topological polar surface area (TPSA) is 69.5 Å². The van der Waals surface area contributed by atoms with Gasteiger partial charge in [-0.25, -0.2) is 4.98 Å². The van der Waals surface area contributed by atoms with Gasteiger partial charge in [0, 0.05) is 75.6 Å². The molecular formula is C28H34N4O3Si. The van der Waals surface area contributed by atoms with Crippen LogP contribution in [0.25, 0.3) is 22.2 Å². The summed E-state index contributed by atoms with van der Waals surface area (Å²) in [5.41, 5.74) is 4.70. The van der Waals surface area contributed by atoms with E-state index in [-0.39, 0.29) is 5.78 Å². The summed E-state index contributed by atoms with van der Waals surface area (Å²) in [4.78, 5) is 24.4. The number of anilines is 1. The lowest BCUT2D eigenvalue weighted by Crippen LogP contribution is -2.22. The first-order valence-corrected chi connectivity index (χ1v) is 15.8. The summed E-state index contributed by atoms with van der Waals surface area (Å²) in [5.74, 6) is 0.686. The molecule has 1 aromatic carbocycles. The zero-order valence-corrected chi connectivity index (χ0v) is 22.9. The minimum Gasteiger partial charge on any atom is -0.495 e. The lowest BCUT2D eigenvalue weighted by Gasteiger charge is -2.17. The van der Waals surface area contributed by atoms with Crippen LogP contribution in [-0.2, 0) is 11.5 Å². The van der Waals surface area contributed by atoms with Crippen molar-refractivity contribution in [3.63, 3.8) is 0 Å². The number of hydrogen-bond acceptors (Lipinski definition) is 6. The summed E-state index contributed by atoms with van der Waals surface area (Å²) in [6, 6.07) is 12.7. The van der Waals surface area contributed by atoms with Crippen LogP contribution >= 0.6 is 0 Å². The van der Waals surface area contributed by atoms with E-state index < -0.39 is 8.07 Å². The van der Waals surface area contributed by atoms with E-state index in [2.05, 4.69) is 24.6 Å². The molecule has 0 aliphatic carbocycles. The van der Waals surface area contributed by atoms with Crippen molar-refractivity contribution >= 4 is 30.6 Å². The Labute approximate surface area is 213 Å². The zero-order valence-electron chi connectivity index (χ0n) is 21.9. The Hall–Kier alpha value is -3.49. The van der Waals surface area contributed by atoms with E-state index >= 15 is 0 Å². The highest BCUT2D eigenvalue weighted by Crippen LogP contribution is 2.34. The quantitative estimate of drug-likeness (QED) is 0.157. The van der Waals surface area contributed by atoms with E-state index in [9.17, 15) is 4.79 Å². The number of methoxy groups -OCH3 is 1. The van der Waals surface area contributed by atoms with Gasteiger partial charge in [0.1, 0.15) is 18.1 Å². The third-order valence-electron chi connectivity index (χ3n) is 6.10. The van der Waals surface area contributed by atoms with E-state index in [1.807, 2.05) is 60.2 Å². The highest BCUT2D eigenvalue weighted by Gasteiger charge is 2.20. The van der Waals surface area contributed by atoms with Gasteiger partial charge in [-0.3, -0.25) is 9.78 Å². The van der Waals surface area contributed by atoms with Gasteiger partial charge >= 0.3 is 0 Å². The summed E-state index contributed by atoms with van der Waals surface area (Å²) >= 11 is 0. The highest BCUT2D eigenvalue weighted by atomic mass is 28.3. The first-order valence-electron chi connectivity index (χ1n) is 12.0. The van der Waals surface area contributed by atoms with Crippen LogP contribution in [0.15, 0.2) is 61.2 Å². The Balaban J connectivity index is 1.75. The SMILES string of the molecule is COc1cc(-c2cnc3c(c2)c(C(=O)c2cccnc2)cn3COCC[Si](C)(C)C)ccc1N(C)C. The maximum Gasteiger partial charge on any atom is 0.196 e. The van der Waals surface area contributed by atoms with Gasteiger partial charge in [0.2, 0.25) is 0 Å². The molecule has 3 heterocycles. The molecule has 0 atom stereocenters. The third-order valence-corrected chi connectivity index (χ3v) is 7.81. The number of hydrogen-bond donors (Lipinski definition) is 0. The Morgan fingerprint density at radius 3 is 2.56 bits per heavy atom. The summed E-state index contributed by atoms with van der Waals surface area (Å²) in [5, 5.41) is 0.783. The third kappa shape index (κ3) is 5.66. The predicted molar refractivity (Wildman–Crippen MR) is 148 cm³/mol. The van der Waals surface area contributed by atoms with Crippen molar-refractivity contribution in [3.05, 3.63) is 72.3 Å². The molecule has 188 valence electrons. The van der Waals surface area contributed by atoms with Crippen LogP contribution in [0.3, 0.4) is 0 Å². The fraction of sp³-hybridized carbons (Fsp3) is 0.321. The molecule has 3 aromatic heterocycles. The summed E-state index contributed by atoms with van der Waals surface area (Å²) in [6.45, 7) is 8.02. The zero-order chi connectivity index (χ0) is 25.9. The fourth-order valence-corrected chi connectivity index (χ4v) is 4.79. The van der Waals surface area contributed by atoms with E-state index in [1.165, 1.54) is 0 Å². The van der Waals surface area contributed by atoms with E-state index in [4.69, 9.17) is 14.5 Å². The fourth-order valence-electron chi connectivity index (χ4n) is 4.03. The molecule has 0 fully saturated rings. The number of carbonyl (C=O) groups is 1. The molecule has 0 spiro atoms. The van der Waals surface area contributed by atoms with E-state index in [0.717, 1.165) is 39.6 Å². The second-order valence-electron chi connectivity index (χ2n) is 10.3. The van der Waals surface area contributed by atoms with Gasteiger partial charge in [0.25, 0.3) is 0 Å². The number of pyridine rings is 2. The molecule has 0 bridgehead atoms. The monoisotopic (exact) mass is 502 g/mol. The Morgan fingerprint density at radius 1 is 1.08 bits per heavy atom. The molecule has 0 unspecified atom stereocenters. The molecule has 0 radical (unpaired) electrons. The molecule has 0 N–H and O–H groups in total. The smallest absolute Gasteiger partial charge is 0.196 e. The Morgan fingerprint density at radius 2 is 1.89 bits per heavy atom. The highest BCUT2D eigenvalue weighted by molar-refractivity contribution is 6.76. The van der Waals surface area contributed by atoms with Crippen LogP contribution < -0.4 is 9.64 Å². The maximum absolute atomic E-state index is 13.5. The summed E-state index contributed by atoms with van der Waals surface area (Å²) in [7, 11) is 4.44. The van der Waals surface area contributed by atoms with Crippen LogP contribution in [0.1, 0.15) is 15.9 Å². The van der Waals surface area contributed by atoms with Crippen LogP contribution in [0, 0.1) is 0 Å². The van der Waals surface area contributed by atoms with E-state index in [1.54, 1.807) is 31.6 Å². The molecule has 0 aliphatic heterocycles. The van der Waals surface area contributed by atoms with Gasteiger partial charge < -0.3 is 18.9 Å². The van der Waals surface area contributed by atoms with Gasteiger partial charge in [-0.2, -0.15) is 0 Å². The van der Waals surface area contributed by atoms with Crippen molar-refractivity contribution in [1.82, 2.24) is 14.5 Å². The van der Waals surface area contributed by atoms with Crippen LogP contribution in [-0.4, -0.2) is 56.2 Å². The summed E-state index contributed by atoms with van der Waals surface area (Å²) in [6.07, 6.45) is 6.94. The number of fused-ring (bicyclic) bond motifs is 1. The minimum absolute atomic E-state index is 0.0894. The Kier molecular flexibility index (Phi) is 7.56. The number of benzene rings is 1. The van der Waals surface area contributed by atoms with Crippen LogP contribution in [0.4, 0.5) is 5.69 Å². The first kappa shape index (κ1) is 25.6. The average Bonchev–Trinajstić information content (AvgIpc) is 3.23. The number of nitrogens with zero attached hydrogens (tertiary/aromatic N) is 4. The van der Waals surface area contributed by atoms with Gasteiger partial charge in [-0.1, -0.05) is 25.7 Å². The van der Waals surface area contributed by atoms with Crippen molar-refractivity contribution in [1.29, 1.82) is 0 Å². The molecule has 36 heavy (non-hydrogen) atoms. The van der Waals surface area contributed by atoms with Crippen LogP contribution in [0.2, 0.25) is 25.7 Å². The second kappa shape index (κ2) is 10.6. The average molecular weight is 503 g/mol. The largest absolute Gasteiger partial charge is 0.495 e. The maximum atomic E-state index is 13.5. The molecule has 4 aromatic rings. The van der Waals surface area contributed by atoms with Crippen molar-refractivity contribution in [2.24, 2.45) is 0 Å². The molecule has 8 heteroatoms. The molecule has 7 nitrogen and oxygen atoms in total. The predicted octanol–water partition coefficient (Wildman–Crippen LogP) is 5.72. The van der Waals surface area contributed by atoms with Crippen molar-refractivity contribution < 1.29 is 14.3 Å². The van der Waals surface area contributed by atoms with Crippen LogP contribution in [0.5, 0.6) is 5.75 Å². The number of rotatable bonds is 10. The molecule has 0 saturated heterocycles. The number of carbonyl (C=O) groups excluding carboxylic acids is 1. The van der Waals surface area contributed by atoms with Crippen molar-refractivity contribution in [2.45, 2.75) is 32.4 Å². The molecular weight excluding hydrogens is 468 g/mol. The Bertz CT molecular complexity index is 1360. The van der Waals surface area contributed by atoms with Crippen molar-refractivity contribution in [2.75, 3.05) is 32.7 Å². The second-order valence-corrected chi connectivity index (χ2v) is 15.9. The molecule has 4 rings (SSSR count). The number of aromatic nitrogens is 3. The van der Waals surface area contributed by atoms with Gasteiger partial charge in [-0.15, -0.1) is 0 Å². The van der Waals surface area contributed by atoms with Gasteiger partial charge in [-0.05, 0) is 41.9 Å². The lowest BCUT2D eigenvalue weighted by atomic mass is 10.0. The molecule has 0 saturated carbocycles. The number of ether oxygens (including phenoxy) is 2. The normalized spacial score (nSPS) is 11.6. The number of ketones is 1. The van der Waals surface area contributed by atoms with Crippen molar-refractivity contribution in [3.8, 4) is 16.9 Å². The minimum atomic E-state index is -1.19. The van der Waals surface area contributed by atoms with Gasteiger partial charge in [0.15, 0.2) is 5.78 Å². The molecule has 0 aliphatic rings.